The minimum absolute atomic E-state index is 0.104. The van der Waals surface area contributed by atoms with Crippen molar-refractivity contribution in [3.63, 3.8) is 0 Å². The van der Waals surface area contributed by atoms with Crippen LogP contribution in [0.25, 0.3) is 16.7 Å². The van der Waals surface area contributed by atoms with Crippen molar-refractivity contribution in [1.29, 1.82) is 0 Å². The number of anilines is 1. The Balaban J connectivity index is 1.69. The summed E-state index contributed by atoms with van der Waals surface area (Å²) in [5, 5.41) is 8.60. The van der Waals surface area contributed by atoms with Crippen molar-refractivity contribution in [1.82, 2.24) is 14.8 Å². The van der Waals surface area contributed by atoms with Crippen molar-refractivity contribution in [3.8, 4) is 11.6 Å². The van der Waals surface area contributed by atoms with Gasteiger partial charge >= 0.3 is 5.97 Å². The number of esters is 1. The molecule has 0 saturated heterocycles. The van der Waals surface area contributed by atoms with E-state index in [9.17, 15) is 9.59 Å². The summed E-state index contributed by atoms with van der Waals surface area (Å²) >= 11 is 5.93. The average Bonchev–Trinajstić information content (AvgIpc) is 3.24. The summed E-state index contributed by atoms with van der Waals surface area (Å²) < 4.78 is 12.4. The van der Waals surface area contributed by atoms with Crippen LogP contribution >= 0.6 is 11.6 Å². The lowest BCUT2D eigenvalue weighted by Crippen LogP contribution is -2.43. The Morgan fingerprint density at radius 2 is 1.79 bits per heavy atom. The highest BCUT2D eigenvalue weighted by Gasteiger charge is 2.33. The van der Waals surface area contributed by atoms with E-state index in [-0.39, 0.29) is 18.0 Å². The number of hydrogen-bond acceptors (Lipinski definition) is 6. The van der Waals surface area contributed by atoms with Crippen molar-refractivity contribution in [2.45, 2.75) is 26.4 Å². The molecule has 174 valence electrons. The first kappa shape index (κ1) is 23.3. The molecule has 4 rings (SSSR count). The SMILES string of the molecule is CCOC(=O)c1cnn(-c2ccc3ccccc3n2)c1NC(=O)C(C)(C)Oc1ccc(Cl)cc1. The van der Waals surface area contributed by atoms with E-state index in [1.807, 2.05) is 30.3 Å². The maximum Gasteiger partial charge on any atom is 0.343 e. The fourth-order valence-electron chi connectivity index (χ4n) is 3.28. The number of nitrogens with one attached hydrogen (secondary N) is 1. The molecule has 8 nitrogen and oxygen atoms in total. The van der Waals surface area contributed by atoms with Gasteiger partial charge in [0, 0.05) is 10.4 Å². The molecule has 2 heterocycles. The molecule has 0 aliphatic rings. The predicted octanol–water partition coefficient (Wildman–Crippen LogP) is 5.05. The second-order valence-electron chi connectivity index (χ2n) is 7.92. The lowest BCUT2D eigenvalue weighted by Gasteiger charge is -2.25. The second kappa shape index (κ2) is 9.52. The van der Waals surface area contributed by atoms with Crippen LogP contribution in [0.4, 0.5) is 5.82 Å². The molecule has 9 heteroatoms. The van der Waals surface area contributed by atoms with Gasteiger partial charge in [-0.05, 0) is 63.2 Å². The van der Waals surface area contributed by atoms with Crippen molar-refractivity contribution >= 4 is 40.2 Å². The van der Waals surface area contributed by atoms with Gasteiger partial charge in [0.25, 0.3) is 5.91 Å². The number of hydrogen-bond donors (Lipinski definition) is 1. The zero-order valence-electron chi connectivity index (χ0n) is 18.9. The molecule has 0 fully saturated rings. The number of carbonyl (C=O) groups is 2. The monoisotopic (exact) mass is 478 g/mol. The number of amides is 1. The van der Waals surface area contributed by atoms with Crippen LogP contribution in [0.2, 0.25) is 5.02 Å². The van der Waals surface area contributed by atoms with Gasteiger partial charge < -0.3 is 14.8 Å². The lowest BCUT2D eigenvalue weighted by molar-refractivity contribution is -0.128. The van der Waals surface area contributed by atoms with Crippen molar-refractivity contribution in [3.05, 3.63) is 77.4 Å². The maximum atomic E-state index is 13.3. The largest absolute Gasteiger partial charge is 0.478 e. The number of ether oxygens (including phenoxy) is 2. The van der Waals surface area contributed by atoms with Gasteiger partial charge in [0.1, 0.15) is 11.3 Å². The summed E-state index contributed by atoms with van der Waals surface area (Å²) in [5.74, 6) is -0.0586. The van der Waals surface area contributed by atoms with Gasteiger partial charge in [-0.15, -0.1) is 0 Å². The van der Waals surface area contributed by atoms with E-state index in [0.29, 0.717) is 16.6 Å². The smallest absolute Gasteiger partial charge is 0.343 e. The highest BCUT2D eigenvalue weighted by molar-refractivity contribution is 6.30. The number of aromatic nitrogens is 3. The third-order valence-electron chi connectivity index (χ3n) is 5.03. The van der Waals surface area contributed by atoms with Crippen LogP contribution in [0.5, 0.6) is 5.75 Å². The van der Waals surface area contributed by atoms with Gasteiger partial charge in [0.05, 0.1) is 18.3 Å². The molecule has 0 spiro atoms. The number of nitrogens with zero attached hydrogens (tertiary/aromatic N) is 3. The lowest BCUT2D eigenvalue weighted by atomic mass is 10.1. The van der Waals surface area contributed by atoms with Crippen LogP contribution in [0.1, 0.15) is 31.1 Å². The van der Waals surface area contributed by atoms with E-state index in [0.717, 1.165) is 10.9 Å². The fraction of sp³-hybridized carbons (Fsp3) is 0.200. The van der Waals surface area contributed by atoms with Crippen molar-refractivity contribution < 1.29 is 19.1 Å². The van der Waals surface area contributed by atoms with Gasteiger partial charge in [-0.1, -0.05) is 29.8 Å². The molecule has 0 saturated carbocycles. The Labute approximate surface area is 201 Å². The first-order chi connectivity index (χ1) is 16.3. The molecule has 0 atom stereocenters. The molecule has 4 aromatic rings. The number of carbonyl (C=O) groups excluding carboxylic acids is 2. The number of benzene rings is 2. The zero-order valence-corrected chi connectivity index (χ0v) is 19.7. The third kappa shape index (κ3) is 4.87. The minimum atomic E-state index is -1.29. The molecule has 2 aromatic heterocycles. The summed E-state index contributed by atoms with van der Waals surface area (Å²) in [6.07, 6.45) is 1.34. The van der Waals surface area contributed by atoms with E-state index in [1.54, 1.807) is 51.1 Å². The summed E-state index contributed by atoms with van der Waals surface area (Å²) in [5.41, 5.74) is -0.435. The van der Waals surface area contributed by atoms with Gasteiger partial charge in [-0.25, -0.2) is 9.78 Å². The van der Waals surface area contributed by atoms with Crippen molar-refractivity contribution in [2.24, 2.45) is 0 Å². The maximum absolute atomic E-state index is 13.3. The molecule has 1 N–H and O–H groups in total. The summed E-state index contributed by atoms with van der Waals surface area (Å²) in [6, 6.07) is 18.0. The molecule has 1 amide bonds. The number of rotatable bonds is 7. The Hall–Kier alpha value is -3.91. The highest BCUT2D eigenvalue weighted by atomic mass is 35.5. The number of fused-ring (bicyclic) bond motifs is 1. The molecular weight excluding hydrogens is 456 g/mol. The molecule has 0 radical (unpaired) electrons. The van der Waals surface area contributed by atoms with Gasteiger partial charge in [-0.2, -0.15) is 9.78 Å². The third-order valence-corrected chi connectivity index (χ3v) is 5.28. The van der Waals surface area contributed by atoms with Crippen LogP contribution in [0.15, 0.2) is 66.9 Å². The van der Waals surface area contributed by atoms with E-state index in [1.165, 1.54) is 10.9 Å². The quantitative estimate of drug-likeness (QED) is 0.373. The Kier molecular flexibility index (Phi) is 6.51. The second-order valence-corrected chi connectivity index (χ2v) is 8.36. The highest BCUT2D eigenvalue weighted by Crippen LogP contribution is 2.26. The summed E-state index contributed by atoms with van der Waals surface area (Å²) in [6.45, 7) is 5.12. The fourth-order valence-corrected chi connectivity index (χ4v) is 3.40. The van der Waals surface area contributed by atoms with Crippen LogP contribution in [-0.2, 0) is 9.53 Å². The Morgan fingerprint density at radius 1 is 1.06 bits per heavy atom. The summed E-state index contributed by atoms with van der Waals surface area (Å²) in [4.78, 5) is 30.5. The van der Waals surface area contributed by atoms with Gasteiger partial charge in [-0.3, -0.25) is 4.79 Å². The standard InChI is InChI=1S/C25H23ClN4O4/c1-4-33-23(31)19-15-27-30(21-14-9-16-7-5-6-8-20(16)28-21)22(19)29-24(32)25(2,3)34-18-12-10-17(26)11-13-18/h5-15H,4H2,1-3H3,(H,29,32). The zero-order chi connectivity index (χ0) is 24.3. The van der Waals surface area contributed by atoms with E-state index in [2.05, 4.69) is 15.4 Å². The number of pyridine rings is 1. The topological polar surface area (TPSA) is 95.3 Å². The van der Waals surface area contributed by atoms with E-state index >= 15 is 0 Å². The molecule has 34 heavy (non-hydrogen) atoms. The van der Waals surface area contributed by atoms with E-state index < -0.39 is 17.5 Å². The van der Waals surface area contributed by atoms with Crippen LogP contribution in [0.3, 0.4) is 0 Å². The van der Waals surface area contributed by atoms with Crippen LogP contribution in [0, 0.1) is 0 Å². The first-order valence-corrected chi connectivity index (χ1v) is 11.0. The van der Waals surface area contributed by atoms with E-state index in [4.69, 9.17) is 21.1 Å². The van der Waals surface area contributed by atoms with Gasteiger partial charge in [0.15, 0.2) is 17.2 Å². The minimum Gasteiger partial charge on any atom is -0.478 e. The first-order valence-electron chi connectivity index (χ1n) is 10.7. The molecule has 2 aromatic carbocycles. The van der Waals surface area contributed by atoms with Gasteiger partial charge in [0.2, 0.25) is 0 Å². The molecular formula is C25H23ClN4O4. The molecule has 0 bridgehead atoms. The number of halogens is 1. The average molecular weight is 479 g/mol. The predicted molar refractivity (Wildman–Crippen MR) is 130 cm³/mol. The number of para-hydroxylation sites is 1. The molecule has 0 aliphatic heterocycles. The Morgan fingerprint density at radius 3 is 2.53 bits per heavy atom. The Bertz CT molecular complexity index is 1350. The molecule has 0 aliphatic carbocycles. The van der Waals surface area contributed by atoms with Crippen LogP contribution in [-0.4, -0.2) is 38.8 Å². The summed E-state index contributed by atoms with van der Waals surface area (Å²) in [7, 11) is 0. The van der Waals surface area contributed by atoms with Crippen LogP contribution < -0.4 is 10.1 Å². The van der Waals surface area contributed by atoms with Crippen molar-refractivity contribution in [2.75, 3.05) is 11.9 Å². The normalized spacial score (nSPS) is 11.3. The molecule has 0 unspecified atom stereocenters.